The molecule has 0 radical (unpaired) electrons. The molecule has 0 bridgehead atoms. The Morgan fingerprint density at radius 2 is 1.78 bits per heavy atom. The number of amides is 1. The normalized spacial score (nSPS) is 11.6. The zero-order valence-corrected chi connectivity index (χ0v) is 15.9. The number of nitro groups is 1. The van der Waals surface area contributed by atoms with Gasteiger partial charge in [-0.2, -0.15) is 4.99 Å². The van der Waals surface area contributed by atoms with Crippen molar-refractivity contribution >= 4 is 22.9 Å². The summed E-state index contributed by atoms with van der Waals surface area (Å²) in [5, 5.41) is 10.8. The third kappa shape index (κ3) is 3.88. The van der Waals surface area contributed by atoms with Crippen molar-refractivity contribution in [1.82, 2.24) is 4.57 Å². The number of rotatable bonds is 5. The summed E-state index contributed by atoms with van der Waals surface area (Å²) in [5.41, 5.74) is 2.46. The van der Waals surface area contributed by atoms with Crippen LogP contribution in [0.15, 0.2) is 59.6 Å². The van der Waals surface area contributed by atoms with Gasteiger partial charge in [0.05, 0.1) is 10.6 Å². The molecule has 0 aliphatic rings. The highest BCUT2D eigenvalue weighted by molar-refractivity contribution is 7.09. The summed E-state index contributed by atoms with van der Waals surface area (Å²) in [7, 11) is 0. The van der Waals surface area contributed by atoms with E-state index in [9.17, 15) is 14.9 Å². The molecule has 3 aromatic rings. The lowest BCUT2D eigenvalue weighted by Gasteiger charge is -2.08. The lowest BCUT2D eigenvalue weighted by molar-refractivity contribution is -0.384. The lowest BCUT2D eigenvalue weighted by Crippen LogP contribution is -2.17. The summed E-state index contributed by atoms with van der Waals surface area (Å²) in [6.07, 6.45) is 0.843. The second kappa shape index (κ2) is 8.09. The smallest absolute Gasteiger partial charge is 0.279 e. The van der Waals surface area contributed by atoms with Crippen molar-refractivity contribution in [3.63, 3.8) is 0 Å². The molecular formula is C20H19N3O3S. The Morgan fingerprint density at radius 3 is 2.33 bits per heavy atom. The number of hydrogen-bond donors (Lipinski definition) is 0. The van der Waals surface area contributed by atoms with Gasteiger partial charge in [0, 0.05) is 29.1 Å². The summed E-state index contributed by atoms with van der Waals surface area (Å²) in [5.74, 6) is -0.407. The highest BCUT2D eigenvalue weighted by atomic mass is 32.1. The quantitative estimate of drug-likeness (QED) is 0.484. The van der Waals surface area contributed by atoms with E-state index in [0.717, 1.165) is 17.7 Å². The Hall–Kier alpha value is -3.06. The van der Waals surface area contributed by atoms with E-state index in [1.165, 1.54) is 40.5 Å². The van der Waals surface area contributed by atoms with E-state index in [-0.39, 0.29) is 5.69 Å². The molecule has 0 aliphatic heterocycles. The molecule has 0 spiro atoms. The highest BCUT2D eigenvalue weighted by Crippen LogP contribution is 2.26. The molecule has 0 N–H and O–H groups in total. The van der Waals surface area contributed by atoms with Crippen LogP contribution in [0.5, 0.6) is 0 Å². The van der Waals surface area contributed by atoms with Crippen LogP contribution in [0, 0.1) is 10.1 Å². The number of hydrogen-bond acceptors (Lipinski definition) is 4. The van der Waals surface area contributed by atoms with Crippen molar-refractivity contribution < 1.29 is 9.72 Å². The van der Waals surface area contributed by atoms with Crippen LogP contribution in [-0.4, -0.2) is 15.4 Å². The molecule has 0 saturated heterocycles. The second-order valence-electron chi connectivity index (χ2n) is 5.84. The summed E-state index contributed by atoms with van der Waals surface area (Å²) in [6, 6.07) is 15.6. The first kappa shape index (κ1) is 18.7. The van der Waals surface area contributed by atoms with E-state index >= 15 is 0 Å². The molecule has 7 heteroatoms. The van der Waals surface area contributed by atoms with Gasteiger partial charge in [0.15, 0.2) is 4.80 Å². The minimum Gasteiger partial charge on any atom is -0.316 e. The summed E-state index contributed by atoms with van der Waals surface area (Å²) in [6.45, 7) is 4.79. The van der Waals surface area contributed by atoms with Crippen LogP contribution in [0.4, 0.5) is 5.69 Å². The van der Waals surface area contributed by atoms with Gasteiger partial charge in [0.1, 0.15) is 0 Å². The number of aryl methyl sites for hydroxylation is 1. The third-order valence-electron chi connectivity index (χ3n) is 4.19. The number of carbonyl (C=O) groups excluding carboxylic acids is 1. The molecule has 1 amide bonds. The minimum atomic E-state index is -0.491. The van der Waals surface area contributed by atoms with E-state index < -0.39 is 10.8 Å². The predicted molar refractivity (Wildman–Crippen MR) is 106 cm³/mol. The first-order valence-corrected chi connectivity index (χ1v) is 9.48. The van der Waals surface area contributed by atoms with Crippen LogP contribution >= 0.6 is 11.3 Å². The molecule has 27 heavy (non-hydrogen) atoms. The van der Waals surface area contributed by atoms with Gasteiger partial charge in [-0.1, -0.05) is 37.3 Å². The van der Waals surface area contributed by atoms with Gasteiger partial charge >= 0.3 is 0 Å². The fourth-order valence-corrected chi connectivity index (χ4v) is 4.01. The standard InChI is InChI=1S/C20H19N3O3S/c1-3-17-18(14-8-6-5-7-9-14)22(4-2)20(27-17)21-19(24)15-10-12-16(13-11-15)23(25)26/h5-13H,3-4H2,1-2H3. The van der Waals surface area contributed by atoms with Crippen molar-refractivity contribution in [2.75, 3.05) is 0 Å². The number of thiazole rings is 1. The largest absolute Gasteiger partial charge is 0.316 e. The predicted octanol–water partition coefficient (Wildman–Crippen LogP) is 4.45. The first-order chi connectivity index (χ1) is 13.0. The topological polar surface area (TPSA) is 77.5 Å². The van der Waals surface area contributed by atoms with Crippen LogP contribution < -0.4 is 4.80 Å². The maximum atomic E-state index is 12.6. The van der Waals surface area contributed by atoms with Gasteiger partial charge in [-0.05, 0) is 31.0 Å². The molecule has 1 heterocycles. The second-order valence-corrected chi connectivity index (χ2v) is 6.90. The van der Waals surface area contributed by atoms with Gasteiger partial charge in [0.25, 0.3) is 11.6 Å². The van der Waals surface area contributed by atoms with Crippen molar-refractivity contribution in [2.24, 2.45) is 4.99 Å². The molecule has 3 rings (SSSR count). The van der Waals surface area contributed by atoms with Crippen LogP contribution in [0.2, 0.25) is 0 Å². The van der Waals surface area contributed by atoms with Crippen molar-refractivity contribution in [2.45, 2.75) is 26.8 Å². The zero-order chi connectivity index (χ0) is 19.4. The monoisotopic (exact) mass is 381 g/mol. The first-order valence-electron chi connectivity index (χ1n) is 8.66. The maximum absolute atomic E-state index is 12.6. The van der Waals surface area contributed by atoms with E-state index in [1.807, 2.05) is 29.7 Å². The van der Waals surface area contributed by atoms with Gasteiger partial charge in [-0.15, -0.1) is 11.3 Å². The average molecular weight is 381 g/mol. The molecular weight excluding hydrogens is 362 g/mol. The number of nitro benzene ring substituents is 1. The molecule has 0 aliphatic carbocycles. The third-order valence-corrected chi connectivity index (χ3v) is 5.41. The SMILES string of the molecule is CCc1sc(=NC(=O)c2ccc([N+](=O)[O-])cc2)n(CC)c1-c1ccccc1. The van der Waals surface area contributed by atoms with Crippen LogP contribution in [0.25, 0.3) is 11.3 Å². The molecule has 0 unspecified atom stereocenters. The Bertz CT molecular complexity index is 1030. The van der Waals surface area contributed by atoms with Crippen molar-refractivity contribution in [3.8, 4) is 11.3 Å². The maximum Gasteiger partial charge on any atom is 0.279 e. The van der Waals surface area contributed by atoms with Gasteiger partial charge in [0.2, 0.25) is 0 Å². The van der Waals surface area contributed by atoms with E-state index in [2.05, 4.69) is 24.0 Å². The number of aromatic nitrogens is 1. The van der Waals surface area contributed by atoms with Gasteiger partial charge in [-0.3, -0.25) is 14.9 Å². The number of non-ortho nitro benzene ring substituents is 1. The average Bonchev–Trinajstić information content (AvgIpc) is 3.05. The Balaban J connectivity index is 2.07. The van der Waals surface area contributed by atoms with Gasteiger partial charge < -0.3 is 4.57 Å². The van der Waals surface area contributed by atoms with E-state index in [4.69, 9.17) is 0 Å². The van der Waals surface area contributed by atoms with Crippen LogP contribution in [0.1, 0.15) is 29.1 Å². The number of nitrogens with zero attached hydrogens (tertiary/aromatic N) is 3. The molecule has 0 saturated carbocycles. The fraction of sp³-hybridized carbons (Fsp3) is 0.200. The molecule has 2 aromatic carbocycles. The summed E-state index contributed by atoms with van der Waals surface area (Å²) < 4.78 is 2.04. The summed E-state index contributed by atoms with van der Waals surface area (Å²) >= 11 is 1.50. The Kier molecular flexibility index (Phi) is 5.61. The van der Waals surface area contributed by atoms with Gasteiger partial charge in [-0.25, -0.2) is 0 Å². The highest BCUT2D eigenvalue weighted by Gasteiger charge is 2.15. The molecule has 6 nitrogen and oxygen atoms in total. The van der Waals surface area contributed by atoms with E-state index in [0.29, 0.717) is 16.9 Å². The fourth-order valence-electron chi connectivity index (χ4n) is 2.87. The van der Waals surface area contributed by atoms with Crippen molar-refractivity contribution in [3.05, 3.63) is 80.0 Å². The minimum absolute atomic E-state index is 0.0501. The molecule has 0 atom stereocenters. The van der Waals surface area contributed by atoms with Crippen LogP contribution in [-0.2, 0) is 13.0 Å². The number of carbonyl (C=O) groups is 1. The molecule has 138 valence electrons. The van der Waals surface area contributed by atoms with E-state index in [1.54, 1.807) is 0 Å². The molecule has 1 aromatic heterocycles. The van der Waals surface area contributed by atoms with Crippen LogP contribution in [0.3, 0.4) is 0 Å². The number of benzene rings is 2. The Labute approximate surface area is 160 Å². The lowest BCUT2D eigenvalue weighted by atomic mass is 10.1. The molecule has 0 fully saturated rings. The Morgan fingerprint density at radius 1 is 1.11 bits per heavy atom. The summed E-state index contributed by atoms with van der Waals surface area (Å²) in [4.78, 5) is 28.9. The zero-order valence-electron chi connectivity index (χ0n) is 15.1. The van der Waals surface area contributed by atoms with Crippen molar-refractivity contribution in [1.29, 1.82) is 0 Å².